The van der Waals surface area contributed by atoms with Crippen molar-refractivity contribution in [1.29, 1.82) is 0 Å². The molecule has 0 unspecified atom stereocenters. The van der Waals surface area contributed by atoms with Crippen LogP contribution < -0.4 is 21.5 Å². The Morgan fingerprint density at radius 1 is 1.32 bits per heavy atom. The summed E-state index contributed by atoms with van der Waals surface area (Å²) in [5, 5.41) is 2.46. The number of methoxy groups -OCH3 is 1. The summed E-state index contributed by atoms with van der Waals surface area (Å²) in [5.74, 6) is -0.253. The molecule has 0 spiro atoms. The molecule has 1 aromatic carbocycles. The van der Waals surface area contributed by atoms with Crippen LogP contribution in [0.2, 0.25) is 0 Å². The maximum Gasteiger partial charge on any atom is 0.239 e. The molecule has 0 aromatic heterocycles. The monoisotopic (exact) mass is 265 g/mol. The third-order valence-corrected chi connectivity index (χ3v) is 2.74. The fourth-order valence-electron chi connectivity index (χ4n) is 1.50. The van der Waals surface area contributed by atoms with Crippen LogP contribution >= 0.6 is 0 Å². The van der Waals surface area contributed by atoms with E-state index in [-0.39, 0.29) is 0 Å². The smallest absolute Gasteiger partial charge is 0.239 e. The number of rotatable bonds is 6. The quantitative estimate of drug-likeness (QED) is 0.647. The van der Waals surface area contributed by atoms with E-state index in [1.165, 1.54) is 6.92 Å². The molecule has 1 aromatic rings. The summed E-state index contributed by atoms with van der Waals surface area (Å²) in [6, 6.07) is 5.81. The van der Waals surface area contributed by atoms with Gasteiger partial charge in [-0.25, -0.2) is 0 Å². The number of primary amides is 1. The number of nitrogens with one attached hydrogen (secondary N) is 1. The van der Waals surface area contributed by atoms with Gasteiger partial charge in [-0.3, -0.25) is 9.59 Å². The van der Waals surface area contributed by atoms with Gasteiger partial charge < -0.3 is 21.5 Å². The van der Waals surface area contributed by atoms with Gasteiger partial charge in [0.05, 0.1) is 13.2 Å². The summed E-state index contributed by atoms with van der Waals surface area (Å²) < 4.78 is 5.04. The van der Waals surface area contributed by atoms with E-state index in [4.69, 9.17) is 16.2 Å². The number of nitrogens with two attached hydrogens (primary N) is 2. The Morgan fingerprint density at radius 2 is 1.89 bits per heavy atom. The number of hydrogen-bond donors (Lipinski definition) is 3. The molecule has 5 N–H and O–H groups in total. The predicted molar refractivity (Wildman–Crippen MR) is 71.5 cm³/mol. The van der Waals surface area contributed by atoms with Gasteiger partial charge in [-0.2, -0.15) is 0 Å². The summed E-state index contributed by atoms with van der Waals surface area (Å²) in [7, 11) is 1.58. The molecular weight excluding hydrogens is 246 g/mol. The Morgan fingerprint density at radius 3 is 2.37 bits per heavy atom. The van der Waals surface area contributed by atoms with Crippen LogP contribution in [0.1, 0.15) is 12.5 Å². The molecule has 6 nitrogen and oxygen atoms in total. The lowest BCUT2D eigenvalue weighted by Crippen LogP contribution is -2.49. The molecule has 104 valence electrons. The predicted octanol–water partition coefficient (Wildman–Crippen LogP) is -0.445. The lowest BCUT2D eigenvalue weighted by atomic mass is 10.1. The Kier molecular flexibility index (Phi) is 5.32. The maximum absolute atomic E-state index is 11.7. The highest BCUT2D eigenvalue weighted by atomic mass is 16.5. The van der Waals surface area contributed by atoms with Crippen molar-refractivity contribution in [2.24, 2.45) is 11.5 Å². The molecular formula is C13H19N3O3. The minimum absolute atomic E-state index is 0.376. The molecule has 2 atom stereocenters. The summed E-state index contributed by atoms with van der Waals surface area (Å²) >= 11 is 0. The van der Waals surface area contributed by atoms with Gasteiger partial charge in [0.25, 0.3) is 0 Å². The molecule has 0 aliphatic heterocycles. The zero-order valence-corrected chi connectivity index (χ0v) is 11.1. The van der Waals surface area contributed by atoms with Gasteiger partial charge >= 0.3 is 0 Å². The molecule has 0 bridgehead atoms. The fraction of sp³-hybridized carbons (Fsp3) is 0.385. The van der Waals surface area contributed by atoms with Crippen molar-refractivity contribution < 1.29 is 14.3 Å². The minimum atomic E-state index is -0.727. The van der Waals surface area contributed by atoms with Crippen molar-refractivity contribution >= 4 is 11.8 Å². The summed E-state index contributed by atoms with van der Waals surface area (Å²) in [6.07, 6.45) is 0.376. The molecule has 0 aliphatic carbocycles. The van der Waals surface area contributed by atoms with Crippen molar-refractivity contribution in [3.8, 4) is 5.75 Å². The zero-order chi connectivity index (χ0) is 14.4. The van der Waals surface area contributed by atoms with E-state index >= 15 is 0 Å². The van der Waals surface area contributed by atoms with Gasteiger partial charge in [0.2, 0.25) is 11.8 Å². The number of carbonyl (C=O) groups is 2. The Labute approximate surface area is 112 Å². The second-order valence-electron chi connectivity index (χ2n) is 4.29. The van der Waals surface area contributed by atoms with Crippen molar-refractivity contribution in [1.82, 2.24) is 5.32 Å². The average molecular weight is 265 g/mol. The third-order valence-electron chi connectivity index (χ3n) is 2.74. The average Bonchev–Trinajstić information content (AvgIpc) is 2.39. The fourth-order valence-corrected chi connectivity index (χ4v) is 1.50. The van der Waals surface area contributed by atoms with Crippen LogP contribution in [0.4, 0.5) is 0 Å². The molecule has 0 aliphatic rings. The first kappa shape index (κ1) is 15.0. The lowest BCUT2D eigenvalue weighted by molar-refractivity contribution is -0.127. The SMILES string of the molecule is COc1ccc(C[C@H](N)C(=O)N[C@@H](C)C(N)=O)cc1. The molecule has 19 heavy (non-hydrogen) atoms. The van der Waals surface area contributed by atoms with Crippen molar-refractivity contribution in [3.63, 3.8) is 0 Å². The largest absolute Gasteiger partial charge is 0.497 e. The lowest BCUT2D eigenvalue weighted by Gasteiger charge is -2.15. The van der Waals surface area contributed by atoms with Crippen LogP contribution in [0.3, 0.4) is 0 Å². The number of ether oxygens (including phenoxy) is 1. The molecule has 0 fully saturated rings. The second kappa shape index (κ2) is 6.75. The Hall–Kier alpha value is -2.08. The highest BCUT2D eigenvalue weighted by molar-refractivity contribution is 5.88. The maximum atomic E-state index is 11.7. The van der Waals surface area contributed by atoms with E-state index in [9.17, 15) is 9.59 Å². The molecule has 6 heteroatoms. The molecule has 0 saturated carbocycles. The van der Waals surface area contributed by atoms with E-state index < -0.39 is 23.9 Å². The topological polar surface area (TPSA) is 107 Å². The first-order chi connectivity index (χ1) is 8.93. The van der Waals surface area contributed by atoms with Gasteiger partial charge in [0.15, 0.2) is 0 Å². The highest BCUT2D eigenvalue weighted by Gasteiger charge is 2.18. The number of hydrogen-bond acceptors (Lipinski definition) is 4. The molecule has 0 heterocycles. The standard InChI is InChI=1S/C13H19N3O3/c1-8(12(15)17)16-13(18)11(14)7-9-3-5-10(19-2)6-4-9/h3-6,8,11H,7,14H2,1-2H3,(H2,15,17)(H,16,18)/t8-,11-/m0/s1. The number of amides is 2. The van der Waals surface area contributed by atoms with E-state index in [0.29, 0.717) is 6.42 Å². The van der Waals surface area contributed by atoms with Crippen LogP contribution in [-0.4, -0.2) is 31.0 Å². The van der Waals surface area contributed by atoms with E-state index in [0.717, 1.165) is 11.3 Å². The number of benzene rings is 1. The second-order valence-corrected chi connectivity index (χ2v) is 4.29. The highest BCUT2D eigenvalue weighted by Crippen LogP contribution is 2.12. The van der Waals surface area contributed by atoms with Crippen LogP contribution in [0.15, 0.2) is 24.3 Å². The van der Waals surface area contributed by atoms with Crippen LogP contribution in [0.5, 0.6) is 5.75 Å². The van der Waals surface area contributed by atoms with Crippen LogP contribution in [-0.2, 0) is 16.0 Å². The van der Waals surface area contributed by atoms with Gasteiger partial charge in [-0.05, 0) is 31.0 Å². The first-order valence-electron chi connectivity index (χ1n) is 5.92. The molecule has 0 radical (unpaired) electrons. The Bertz CT molecular complexity index is 445. The molecule has 2 amide bonds. The van der Waals surface area contributed by atoms with Crippen LogP contribution in [0.25, 0.3) is 0 Å². The zero-order valence-electron chi connectivity index (χ0n) is 11.1. The van der Waals surface area contributed by atoms with Crippen molar-refractivity contribution in [3.05, 3.63) is 29.8 Å². The van der Waals surface area contributed by atoms with Gasteiger partial charge in [0, 0.05) is 0 Å². The molecule has 0 saturated heterocycles. The third kappa shape index (κ3) is 4.59. The van der Waals surface area contributed by atoms with Gasteiger partial charge in [-0.15, -0.1) is 0 Å². The van der Waals surface area contributed by atoms with E-state index in [1.54, 1.807) is 19.2 Å². The van der Waals surface area contributed by atoms with E-state index in [1.807, 2.05) is 12.1 Å². The van der Waals surface area contributed by atoms with Crippen LogP contribution in [0, 0.1) is 0 Å². The summed E-state index contributed by atoms with van der Waals surface area (Å²) in [6.45, 7) is 1.51. The Balaban J connectivity index is 2.55. The van der Waals surface area contributed by atoms with Crippen molar-refractivity contribution in [2.45, 2.75) is 25.4 Å². The normalized spacial score (nSPS) is 13.4. The first-order valence-corrected chi connectivity index (χ1v) is 5.92. The molecule has 1 rings (SSSR count). The summed E-state index contributed by atoms with van der Waals surface area (Å²) in [5.41, 5.74) is 11.7. The summed E-state index contributed by atoms with van der Waals surface area (Å²) in [4.78, 5) is 22.6. The van der Waals surface area contributed by atoms with Gasteiger partial charge in [-0.1, -0.05) is 12.1 Å². The minimum Gasteiger partial charge on any atom is -0.497 e. The van der Waals surface area contributed by atoms with E-state index in [2.05, 4.69) is 5.32 Å². The van der Waals surface area contributed by atoms with Crippen molar-refractivity contribution in [2.75, 3.05) is 7.11 Å². The number of carbonyl (C=O) groups excluding carboxylic acids is 2. The van der Waals surface area contributed by atoms with Gasteiger partial charge in [0.1, 0.15) is 11.8 Å².